The molecule has 0 fully saturated rings. The van der Waals surface area contributed by atoms with Gasteiger partial charge in [0.15, 0.2) is 5.69 Å². The van der Waals surface area contributed by atoms with Crippen molar-refractivity contribution < 1.29 is 0 Å². The maximum Gasteiger partial charge on any atom is 0.301 e. The fourth-order valence-electron chi connectivity index (χ4n) is 2.16. The third-order valence-electron chi connectivity index (χ3n) is 3.36. The Morgan fingerprint density at radius 3 is 2.27 bits per heavy atom. The topological polar surface area (TPSA) is 112 Å². The highest BCUT2D eigenvalue weighted by Crippen LogP contribution is 2.32. The SMILES string of the molecule is N#Cc1ccc(/N=N/c2c(N)[nH]n(-c3c(Cl)cc(Cl)cc3Cl)c2=O)cc1. The molecule has 130 valence electrons. The summed E-state index contributed by atoms with van der Waals surface area (Å²) in [5, 5.41) is 20.0. The summed E-state index contributed by atoms with van der Waals surface area (Å²) < 4.78 is 1.07. The number of nitrogens with zero attached hydrogens (tertiary/aromatic N) is 4. The lowest BCUT2D eigenvalue weighted by atomic mass is 10.2. The van der Waals surface area contributed by atoms with Gasteiger partial charge in [-0.1, -0.05) is 34.8 Å². The molecule has 0 aliphatic rings. The molecule has 7 nitrogen and oxygen atoms in total. The molecule has 1 heterocycles. The van der Waals surface area contributed by atoms with Crippen molar-refractivity contribution in [3.8, 4) is 11.8 Å². The fraction of sp³-hybridized carbons (Fsp3) is 0. The summed E-state index contributed by atoms with van der Waals surface area (Å²) in [5.74, 6) is -0.00511. The van der Waals surface area contributed by atoms with Crippen LogP contribution in [0.4, 0.5) is 17.2 Å². The molecule has 1 aromatic heterocycles. The van der Waals surface area contributed by atoms with E-state index in [1.807, 2.05) is 6.07 Å². The number of anilines is 1. The van der Waals surface area contributed by atoms with Gasteiger partial charge >= 0.3 is 5.56 Å². The standard InChI is InChI=1S/C16H9Cl3N6O/c17-9-5-11(18)14(12(19)6-9)25-16(26)13(15(21)24-25)23-22-10-3-1-8(7-20)2-4-10/h1-6,24H,21H2/b23-22+. The average molecular weight is 408 g/mol. The van der Waals surface area contributed by atoms with Crippen LogP contribution in [-0.2, 0) is 0 Å². The number of azo groups is 1. The van der Waals surface area contributed by atoms with Crippen LogP contribution in [0.2, 0.25) is 15.1 Å². The van der Waals surface area contributed by atoms with Crippen molar-refractivity contribution >= 4 is 52.0 Å². The van der Waals surface area contributed by atoms with Crippen molar-refractivity contribution in [1.29, 1.82) is 5.26 Å². The molecule has 0 saturated heterocycles. The van der Waals surface area contributed by atoms with E-state index in [2.05, 4.69) is 15.3 Å². The summed E-state index contributed by atoms with van der Waals surface area (Å²) in [7, 11) is 0. The lowest BCUT2D eigenvalue weighted by Gasteiger charge is -2.07. The van der Waals surface area contributed by atoms with E-state index in [4.69, 9.17) is 45.8 Å². The molecule has 3 N–H and O–H groups in total. The second-order valence-electron chi connectivity index (χ2n) is 5.09. The van der Waals surface area contributed by atoms with Crippen molar-refractivity contribution in [3.63, 3.8) is 0 Å². The van der Waals surface area contributed by atoms with Gasteiger partial charge in [0.05, 0.1) is 27.4 Å². The molecule has 0 bridgehead atoms. The molecule has 0 aliphatic carbocycles. The summed E-state index contributed by atoms with van der Waals surface area (Å²) in [6, 6.07) is 11.3. The first kappa shape index (κ1) is 18.0. The van der Waals surface area contributed by atoms with E-state index >= 15 is 0 Å². The second-order valence-corrected chi connectivity index (χ2v) is 6.34. The predicted molar refractivity (Wildman–Crippen MR) is 101 cm³/mol. The Kier molecular flexibility index (Phi) is 5.00. The maximum absolute atomic E-state index is 12.6. The van der Waals surface area contributed by atoms with E-state index in [0.717, 1.165) is 4.68 Å². The van der Waals surface area contributed by atoms with Gasteiger partial charge in [0, 0.05) is 5.02 Å². The molecule has 0 spiro atoms. The van der Waals surface area contributed by atoms with Crippen molar-refractivity contribution in [2.24, 2.45) is 10.2 Å². The summed E-state index contributed by atoms with van der Waals surface area (Å²) in [6.07, 6.45) is 0. The number of halogens is 3. The number of hydrogen-bond acceptors (Lipinski definition) is 5. The van der Waals surface area contributed by atoms with Gasteiger partial charge < -0.3 is 5.73 Å². The zero-order valence-electron chi connectivity index (χ0n) is 12.9. The number of aromatic nitrogens is 2. The molecule has 26 heavy (non-hydrogen) atoms. The van der Waals surface area contributed by atoms with Gasteiger partial charge in [0.2, 0.25) is 0 Å². The van der Waals surface area contributed by atoms with Gasteiger partial charge in [-0.2, -0.15) is 10.4 Å². The number of nitriles is 1. The van der Waals surface area contributed by atoms with E-state index in [9.17, 15) is 4.79 Å². The first-order valence-corrected chi connectivity index (χ1v) is 8.21. The zero-order valence-corrected chi connectivity index (χ0v) is 15.1. The van der Waals surface area contributed by atoms with Crippen LogP contribution in [0, 0.1) is 11.3 Å². The highest BCUT2D eigenvalue weighted by Gasteiger charge is 2.18. The predicted octanol–water partition coefficient (Wildman–Crippen LogP) is 5.00. The van der Waals surface area contributed by atoms with E-state index in [1.165, 1.54) is 12.1 Å². The summed E-state index contributed by atoms with van der Waals surface area (Å²) in [6.45, 7) is 0. The normalized spacial score (nSPS) is 11.0. The molecule has 3 rings (SSSR count). The Labute approximate surface area is 162 Å². The minimum atomic E-state index is -0.578. The largest absolute Gasteiger partial charge is 0.382 e. The molecule has 0 unspecified atom stereocenters. The van der Waals surface area contributed by atoms with Crippen LogP contribution >= 0.6 is 34.8 Å². The van der Waals surface area contributed by atoms with Crippen molar-refractivity contribution in [1.82, 2.24) is 9.78 Å². The highest BCUT2D eigenvalue weighted by molar-refractivity contribution is 6.40. The molecule has 2 aromatic carbocycles. The molecule has 0 radical (unpaired) electrons. The third kappa shape index (κ3) is 3.44. The van der Waals surface area contributed by atoms with Gasteiger partial charge in [-0.15, -0.1) is 5.11 Å². The van der Waals surface area contributed by atoms with Crippen LogP contribution in [-0.4, -0.2) is 9.78 Å². The van der Waals surface area contributed by atoms with Crippen molar-refractivity contribution in [2.45, 2.75) is 0 Å². The van der Waals surface area contributed by atoms with Crippen LogP contribution < -0.4 is 11.3 Å². The van der Waals surface area contributed by atoms with E-state index in [1.54, 1.807) is 24.3 Å². The minimum absolute atomic E-state index is 0.00511. The smallest absolute Gasteiger partial charge is 0.301 e. The van der Waals surface area contributed by atoms with E-state index in [-0.39, 0.29) is 27.2 Å². The summed E-state index contributed by atoms with van der Waals surface area (Å²) in [5.41, 5.74) is 6.30. The van der Waals surface area contributed by atoms with Crippen LogP contribution in [0.25, 0.3) is 5.69 Å². The average Bonchev–Trinajstić information content (AvgIpc) is 2.87. The lowest BCUT2D eigenvalue weighted by Crippen LogP contribution is -2.15. The van der Waals surface area contributed by atoms with Gasteiger partial charge in [-0.05, 0) is 36.4 Å². The monoisotopic (exact) mass is 406 g/mol. The Morgan fingerprint density at radius 1 is 1.08 bits per heavy atom. The number of H-pyrrole nitrogens is 1. The minimum Gasteiger partial charge on any atom is -0.382 e. The van der Waals surface area contributed by atoms with Crippen LogP contribution in [0.15, 0.2) is 51.4 Å². The lowest BCUT2D eigenvalue weighted by molar-refractivity contribution is 0.854. The summed E-state index contributed by atoms with van der Waals surface area (Å²) >= 11 is 18.1. The van der Waals surface area contributed by atoms with Gasteiger partial charge in [0.25, 0.3) is 0 Å². The second kappa shape index (κ2) is 7.22. The third-order valence-corrected chi connectivity index (χ3v) is 4.15. The van der Waals surface area contributed by atoms with Crippen molar-refractivity contribution in [3.05, 3.63) is 67.4 Å². The molecule has 0 saturated carbocycles. The number of nitrogens with one attached hydrogen (secondary N) is 1. The maximum atomic E-state index is 12.6. The van der Waals surface area contributed by atoms with Crippen LogP contribution in [0.5, 0.6) is 0 Å². The fourth-order valence-corrected chi connectivity index (χ4v) is 3.14. The van der Waals surface area contributed by atoms with Crippen molar-refractivity contribution in [2.75, 3.05) is 5.73 Å². The Morgan fingerprint density at radius 2 is 1.69 bits per heavy atom. The van der Waals surface area contributed by atoms with Crippen LogP contribution in [0.3, 0.4) is 0 Å². The Balaban J connectivity index is 2.03. The van der Waals surface area contributed by atoms with Crippen LogP contribution in [0.1, 0.15) is 5.56 Å². The number of nitrogens with two attached hydrogens (primary N) is 1. The molecule has 3 aromatic rings. The molecule has 0 amide bonds. The summed E-state index contributed by atoms with van der Waals surface area (Å²) in [4.78, 5) is 12.6. The quantitative estimate of drug-likeness (QED) is 0.596. The zero-order chi connectivity index (χ0) is 18.8. The molecule has 0 atom stereocenters. The number of aromatic amines is 1. The first-order chi connectivity index (χ1) is 12.4. The molecule has 0 aliphatic heterocycles. The number of benzene rings is 2. The number of rotatable bonds is 3. The van der Waals surface area contributed by atoms with Gasteiger partial charge in [-0.3, -0.25) is 9.89 Å². The number of hydrogen-bond donors (Lipinski definition) is 2. The molecule has 10 heteroatoms. The van der Waals surface area contributed by atoms with Gasteiger partial charge in [-0.25, -0.2) is 4.68 Å². The Hall–Kier alpha value is -2.79. The Bertz CT molecular complexity index is 1090. The van der Waals surface area contributed by atoms with E-state index < -0.39 is 5.56 Å². The molecular formula is C16H9Cl3N6O. The van der Waals surface area contributed by atoms with E-state index in [0.29, 0.717) is 16.3 Å². The number of nitrogen functional groups attached to an aromatic ring is 1. The first-order valence-electron chi connectivity index (χ1n) is 7.08. The molecular weight excluding hydrogens is 399 g/mol. The highest BCUT2D eigenvalue weighted by atomic mass is 35.5. The van der Waals surface area contributed by atoms with Gasteiger partial charge in [0.1, 0.15) is 11.5 Å².